The summed E-state index contributed by atoms with van der Waals surface area (Å²) >= 11 is 0. The number of pyridine rings is 1. The largest absolute Gasteiger partial charge is 0.487 e. The first kappa shape index (κ1) is 45.9. The van der Waals surface area contributed by atoms with E-state index in [2.05, 4.69) is 23.0 Å². The second-order valence-corrected chi connectivity index (χ2v) is 19.3. The maximum atomic E-state index is 14.8. The summed E-state index contributed by atoms with van der Waals surface area (Å²) in [7, 11) is -2.68. The van der Waals surface area contributed by atoms with Gasteiger partial charge >= 0.3 is 0 Å². The predicted molar refractivity (Wildman–Crippen MR) is 235 cm³/mol. The van der Waals surface area contributed by atoms with Crippen LogP contribution in [0.15, 0.2) is 95.0 Å². The van der Waals surface area contributed by atoms with E-state index in [1.54, 1.807) is 25.3 Å². The third-order valence-corrected chi connectivity index (χ3v) is 13.6. The fourth-order valence-electron chi connectivity index (χ4n) is 9.07. The number of aryl methyl sites for hydroxylation is 1. The third kappa shape index (κ3) is 10.4. The number of aliphatic hydroxyl groups is 2. The van der Waals surface area contributed by atoms with E-state index in [1.807, 2.05) is 64.1 Å². The van der Waals surface area contributed by atoms with Crippen molar-refractivity contribution in [3.8, 4) is 11.5 Å². The van der Waals surface area contributed by atoms with Crippen molar-refractivity contribution in [3.63, 3.8) is 0 Å². The van der Waals surface area contributed by atoms with Crippen molar-refractivity contribution in [2.24, 2.45) is 22.9 Å². The zero-order valence-electron chi connectivity index (χ0n) is 36.3. The number of unbranched alkanes of at least 4 members (excludes halogenated alkanes) is 2. The molecule has 14 heteroatoms. The van der Waals surface area contributed by atoms with E-state index in [4.69, 9.17) is 24.2 Å². The van der Waals surface area contributed by atoms with Gasteiger partial charge in [-0.25, -0.2) is 8.42 Å². The molecule has 3 aromatic rings. The number of amides is 1. The zero-order valence-corrected chi connectivity index (χ0v) is 37.1. The van der Waals surface area contributed by atoms with Crippen molar-refractivity contribution in [2.45, 2.75) is 114 Å². The summed E-state index contributed by atoms with van der Waals surface area (Å²) < 4.78 is 51.5. The Balaban J connectivity index is 1.56. The number of nitrogens with one attached hydrogen (secondary N) is 1. The molecule has 0 radical (unpaired) electrons. The molecule has 13 nitrogen and oxygen atoms in total. The molecule has 3 N–H and O–H groups in total. The van der Waals surface area contributed by atoms with Gasteiger partial charge in [0.1, 0.15) is 23.7 Å². The van der Waals surface area contributed by atoms with Crippen molar-refractivity contribution in [3.05, 3.63) is 102 Å². The highest BCUT2D eigenvalue weighted by Crippen LogP contribution is 2.62. The van der Waals surface area contributed by atoms with Gasteiger partial charge in [-0.2, -0.15) is 4.31 Å². The lowest BCUT2D eigenvalue weighted by Gasteiger charge is -2.59. The monoisotopic (exact) mass is 858 g/mol. The van der Waals surface area contributed by atoms with Crippen LogP contribution in [-0.2, 0) is 31.0 Å². The number of benzene rings is 2. The number of oxime groups is 1. The lowest BCUT2D eigenvalue weighted by Crippen LogP contribution is -2.69. The Bertz CT molecular complexity index is 2190. The summed E-state index contributed by atoms with van der Waals surface area (Å²) in [6.07, 6.45) is 8.39. The fraction of sp³-hybridized carbons (Fsp3) is 0.511. The number of hydrogen-bond acceptors (Lipinski definition) is 11. The minimum atomic E-state index is -4.22. The molecule has 61 heavy (non-hydrogen) atoms. The molecule has 3 aliphatic rings. The molecule has 1 fully saturated rings. The van der Waals surface area contributed by atoms with Crippen molar-refractivity contribution < 1.29 is 42.5 Å². The van der Waals surface area contributed by atoms with Crippen molar-refractivity contribution in [1.82, 2.24) is 9.29 Å². The number of fused-ring (bicyclic) bond motifs is 2. The van der Waals surface area contributed by atoms with Gasteiger partial charge in [-0.15, -0.1) is 6.58 Å². The van der Waals surface area contributed by atoms with Gasteiger partial charge in [0.05, 0.1) is 34.9 Å². The molecule has 6 atom stereocenters. The molecular formula is C47H62N4O9S. The highest BCUT2D eigenvalue weighted by Gasteiger charge is 2.65. The summed E-state index contributed by atoms with van der Waals surface area (Å²) in [6, 6.07) is 16.7. The van der Waals surface area contributed by atoms with Gasteiger partial charge in [0, 0.05) is 56.5 Å². The molecule has 0 spiro atoms. The number of carbonyl (C=O) groups excluding carboxylic acids is 1. The normalized spacial score (nSPS) is 24.0. The number of anilines is 1. The number of likely N-dealkylation sites (N-methyl/N-ethyl adjacent to an activating group) is 1. The summed E-state index contributed by atoms with van der Waals surface area (Å²) in [5.74, 6) is -1.50. The fourth-order valence-corrected chi connectivity index (χ4v) is 10.4. The van der Waals surface area contributed by atoms with Crippen LogP contribution < -0.4 is 14.8 Å². The van der Waals surface area contributed by atoms with Crippen LogP contribution in [0.3, 0.4) is 0 Å². The predicted octanol–water partition coefficient (Wildman–Crippen LogP) is 7.68. The number of rotatable bonds is 19. The van der Waals surface area contributed by atoms with Crippen molar-refractivity contribution >= 4 is 27.3 Å². The molecule has 0 bridgehead atoms. The first-order valence-corrected chi connectivity index (χ1v) is 22.7. The highest BCUT2D eigenvalue weighted by atomic mass is 32.2. The minimum Gasteiger partial charge on any atom is -0.487 e. The Kier molecular flexibility index (Phi) is 14.8. The van der Waals surface area contributed by atoms with E-state index in [0.29, 0.717) is 35.7 Å². The Morgan fingerprint density at radius 1 is 1.07 bits per heavy atom. The average molecular weight is 859 g/mol. The lowest BCUT2D eigenvalue weighted by molar-refractivity contribution is -0.250. The van der Waals surface area contributed by atoms with E-state index in [-0.39, 0.29) is 61.4 Å². The summed E-state index contributed by atoms with van der Waals surface area (Å²) in [4.78, 5) is 22.6. The number of aliphatic hydroxyl groups excluding tert-OH is 2. The average Bonchev–Trinajstić information content (AvgIpc) is 3.22. The first-order chi connectivity index (χ1) is 29.1. The van der Waals surface area contributed by atoms with Crippen LogP contribution >= 0.6 is 0 Å². The second-order valence-electron chi connectivity index (χ2n) is 17.3. The van der Waals surface area contributed by atoms with E-state index < -0.39 is 33.4 Å². The van der Waals surface area contributed by atoms with Crippen LogP contribution in [0.4, 0.5) is 5.69 Å². The number of ether oxygens (including phenoxy) is 3. The molecule has 0 saturated heterocycles. The molecule has 6 rings (SSSR count). The molecule has 1 amide bonds. The molecule has 2 heterocycles. The van der Waals surface area contributed by atoms with Gasteiger partial charge in [0.15, 0.2) is 0 Å². The topological polar surface area (TPSA) is 169 Å². The van der Waals surface area contributed by atoms with Crippen molar-refractivity contribution in [2.75, 3.05) is 32.2 Å². The second kappa shape index (κ2) is 19.6. The van der Waals surface area contributed by atoms with Gasteiger partial charge in [0.2, 0.25) is 21.7 Å². The minimum absolute atomic E-state index is 0.00573. The Morgan fingerprint density at radius 2 is 1.79 bits per heavy atom. The molecule has 2 aliphatic carbocycles. The molecule has 2 aromatic carbocycles. The number of aromatic nitrogens is 1. The Labute approximate surface area is 360 Å². The van der Waals surface area contributed by atoms with Crippen LogP contribution in [0, 0.1) is 24.7 Å². The smallest absolute Gasteiger partial charge is 0.243 e. The number of nitrogens with zero attached hydrogens (tertiary/aromatic N) is 3. The third-order valence-electron chi connectivity index (χ3n) is 11.7. The number of allylic oxidation sites excluding steroid dienone is 1. The molecule has 0 unspecified atom stereocenters. The van der Waals surface area contributed by atoms with E-state index >= 15 is 0 Å². The van der Waals surface area contributed by atoms with Crippen molar-refractivity contribution in [1.29, 1.82) is 0 Å². The van der Waals surface area contributed by atoms with Gasteiger partial charge in [-0.3, -0.25) is 9.78 Å². The molecule has 330 valence electrons. The summed E-state index contributed by atoms with van der Waals surface area (Å²) in [6.45, 7) is 13.5. The van der Waals surface area contributed by atoms with Crippen LogP contribution in [0.25, 0.3) is 0 Å². The van der Waals surface area contributed by atoms with E-state index in [0.717, 1.165) is 48.2 Å². The highest BCUT2D eigenvalue weighted by molar-refractivity contribution is 7.89. The molecule has 1 aliphatic heterocycles. The van der Waals surface area contributed by atoms with Gasteiger partial charge < -0.3 is 34.6 Å². The maximum absolute atomic E-state index is 14.8. The van der Waals surface area contributed by atoms with Gasteiger partial charge in [-0.05, 0) is 125 Å². The van der Waals surface area contributed by atoms with Crippen LogP contribution in [0.1, 0.15) is 95.5 Å². The SMILES string of the molecule is C=CCO[C@@]12Oc3ccc(OCc4cccc(C)n4)cc3[C@H]3[C@H](CCCCO)[C@@H](CCCCO)C=C(C(=NOC(C)(C)C)C[C@@H]1N(C)S(=O)(=O)c1ccc(NC(C)=O)cc1)[C@H]32. The Morgan fingerprint density at radius 3 is 2.44 bits per heavy atom. The number of carbonyl (C=O) groups is 1. The molecule has 1 saturated carbocycles. The van der Waals surface area contributed by atoms with Crippen LogP contribution in [0.5, 0.6) is 11.5 Å². The van der Waals surface area contributed by atoms with E-state index in [1.165, 1.54) is 23.4 Å². The maximum Gasteiger partial charge on any atom is 0.243 e. The zero-order chi connectivity index (χ0) is 44.0. The standard InChI is InChI=1S/C47H62N4O9S/c1-8-26-58-47-43(51(7)61(55,56)37-21-18-34(19-22-37)49-32(3)54)29-41(50-60-46(4,5)6)39-27-33(15-9-11-24-52)38(17-10-12-25-53)44(45(39)47)40-28-36(20-23-42(40)59-47)57-30-35-16-13-14-31(2)48-35/h8,13-14,16,18-23,27-28,33,38,43-45,52-53H,1,9-12,15,17,24-26,29-30H2,2-7H3,(H,49,54)/t33-,38+,43-,44+,45+,47+/m0/s1. The lowest BCUT2D eigenvalue weighted by atomic mass is 9.55. The first-order valence-electron chi connectivity index (χ1n) is 21.3. The van der Waals surface area contributed by atoms with E-state index in [9.17, 15) is 23.4 Å². The van der Waals surface area contributed by atoms with Crippen LogP contribution in [0.2, 0.25) is 0 Å². The summed E-state index contributed by atoms with van der Waals surface area (Å²) in [5.41, 5.74) is 3.88. The Hall–Kier alpha value is -4.60. The summed E-state index contributed by atoms with van der Waals surface area (Å²) in [5, 5.41) is 27.3. The molecule has 1 aromatic heterocycles. The quantitative estimate of drug-likeness (QED) is 0.0618. The number of hydrogen-bond donors (Lipinski definition) is 3. The van der Waals surface area contributed by atoms with Gasteiger partial charge in [-0.1, -0.05) is 36.2 Å². The van der Waals surface area contributed by atoms with Gasteiger partial charge in [0.25, 0.3) is 0 Å². The van der Waals surface area contributed by atoms with Crippen LogP contribution in [-0.4, -0.2) is 83.8 Å². The molecular weight excluding hydrogens is 797 g/mol. The number of sulfonamides is 1.